The van der Waals surface area contributed by atoms with Gasteiger partial charge < -0.3 is 0 Å². The standard InChI is InChI=1S/C22H36O4/c1-23-25-22(18-12-7-5-3-2-4-6-8-13-19-22)26-24-20-14-17-21-15-10-9-11-16-21/h9-11,15-16H,2-8,12-14,17-20H2,1H3. The normalized spacial score (nSPS) is 19.4. The third kappa shape index (κ3) is 8.63. The monoisotopic (exact) mass is 364 g/mol. The van der Waals surface area contributed by atoms with E-state index in [-0.39, 0.29) is 0 Å². The first-order valence-corrected chi connectivity index (χ1v) is 10.4. The van der Waals surface area contributed by atoms with Gasteiger partial charge >= 0.3 is 0 Å². The molecule has 0 N–H and O–H groups in total. The van der Waals surface area contributed by atoms with Crippen molar-refractivity contribution in [1.29, 1.82) is 0 Å². The quantitative estimate of drug-likeness (QED) is 0.240. The van der Waals surface area contributed by atoms with Crippen molar-refractivity contribution in [2.45, 2.75) is 89.3 Å². The summed E-state index contributed by atoms with van der Waals surface area (Å²) in [6.07, 6.45) is 14.8. The zero-order chi connectivity index (χ0) is 18.3. The molecule has 0 aromatic heterocycles. The first-order chi connectivity index (χ1) is 12.8. The molecule has 0 heterocycles. The van der Waals surface area contributed by atoms with Gasteiger partial charge in [-0.3, -0.25) is 0 Å². The molecule has 0 aliphatic heterocycles. The van der Waals surface area contributed by atoms with Crippen LogP contribution >= 0.6 is 0 Å². The molecular formula is C22H36O4. The van der Waals surface area contributed by atoms with E-state index in [1.165, 1.54) is 50.5 Å². The van der Waals surface area contributed by atoms with Crippen LogP contribution < -0.4 is 0 Å². The molecule has 1 saturated carbocycles. The van der Waals surface area contributed by atoms with E-state index >= 15 is 0 Å². The summed E-state index contributed by atoms with van der Waals surface area (Å²) >= 11 is 0. The average molecular weight is 365 g/mol. The molecule has 1 aliphatic rings. The van der Waals surface area contributed by atoms with E-state index in [4.69, 9.17) is 19.6 Å². The molecule has 0 atom stereocenters. The van der Waals surface area contributed by atoms with Gasteiger partial charge in [0.2, 0.25) is 5.79 Å². The molecule has 2 rings (SSSR count). The Hall–Kier alpha value is -0.940. The minimum absolute atomic E-state index is 0.559. The lowest BCUT2D eigenvalue weighted by Gasteiger charge is -2.30. The Bertz CT molecular complexity index is 437. The van der Waals surface area contributed by atoms with Crippen LogP contribution in [0.15, 0.2) is 30.3 Å². The van der Waals surface area contributed by atoms with Crippen LogP contribution in [0.5, 0.6) is 0 Å². The van der Waals surface area contributed by atoms with Gasteiger partial charge in [0.05, 0.1) is 13.7 Å². The Morgan fingerprint density at radius 2 is 1.35 bits per heavy atom. The second kappa shape index (κ2) is 13.3. The lowest BCUT2D eigenvalue weighted by molar-refractivity contribution is -0.509. The molecule has 0 spiro atoms. The van der Waals surface area contributed by atoms with E-state index < -0.39 is 5.79 Å². The molecule has 0 bridgehead atoms. The van der Waals surface area contributed by atoms with E-state index in [0.29, 0.717) is 6.61 Å². The van der Waals surface area contributed by atoms with Crippen LogP contribution in [0, 0.1) is 0 Å². The Morgan fingerprint density at radius 3 is 1.92 bits per heavy atom. The fourth-order valence-corrected chi connectivity index (χ4v) is 3.61. The van der Waals surface area contributed by atoms with Gasteiger partial charge in [0.25, 0.3) is 0 Å². The van der Waals surface area contributed by atoms with E-state index in [1.54, 1.807) is 7.11 Å². The van der Waals surface area contributed by atoms with E-state index in [2.05, 4.69) is 24.3 Å². The molecule has 4 heteroatoms. The van der Waals surface area contributed by atoms with Crippen LogP contribution in [0.1, 0.15) is 82.6 Å². The van der Waals surface area contributed by atoms with Gasteiger partial charge in [0.1, 0.15) is 0 Å². The highest BCUT2D eigenvalue weighted by Crippen LogP contribution is 2.30. The summed E-state index contributed by atoms with van der Waals surface area (Å²) in [5, 5.41) is 0. The van der Waals surface area contributed by atoms with Gasteiger partial charge in [-0.05, 0) is 31.2 Å². The summed E-state index contributed by atoms with van der Waals surface area (Å²) in [6.45, 7) is 0.559. The van der Waals surface area contributed by atoms with E-state index in [9.17, 15) is 0 Å². The molecule has 0 saturated heterocycles. The van der Waals surface area contributed by atoms with Crippen LogP contribution in [-0.4, -0.2) is 19.5 Å². The molecule has 1 aliphatic carbocycles. The Balaban J connectivity index is 1.77. The van der Waals surface area contributed by atoms with Crippen molar-refractivity contribution in [1.82, 2.24) is 0 Å². The minimum atomic E-state index is -0.763. The number of aryl methyl sites for hydroxylation is 1. The SMILES string of the molecule is COOC1(OOCCCc2ccccc2)CCCCCCCCCCC1. The fourth-order valence-electron chi connectivity index (χ4n) is 3.61. The highest BCUT2D eigenvalue weighted by atomic mass is 17.3. The zero-order valence-electron chi connectivity index (χ0n) is 16.4. The maximum atomic E-state index is 5.81. The maximum Gasteiger partial charge on any atom is 0.233 e. The molecule has 0 unspecified atom stereocenters. The molecule has 0 radical (unpaired) electrons. The highest BCUT2D eigenvalue weighted by molar-refractivity contribution is 5.14. The summed E-state index contributed by atoms with van der Waals surface area (Å²) in [7, 11) is 1.55. The fraction of sp³-hybridized carbons (Fsp3) is 0.727. The first-order valence-electron chi connectivity index (χ1n) is 10.4. The van der Waals surface area contributed by atoms with Crippen LogP contribution in [0.3, 0.4) is 0 Å². The molecule has 1 aromatic rings. The lowest BCUT2D eigenvalue weighted by atomic mass is 9.97. The average Bonchev–Trinajstić information content (AvgIpc) is 2.65. The molecule has 1 fully saturated rings. The van der Waals surface area contributed by atoms with Crippen LogP contribution in [0.25, 0.3) is 0 Å². The van der Waals surface area contributed by atoms with Crippen molar-refractivity contribution in [2.24, 2.45) is 0 Å². The van der Waals surface area contributed by atoms with Gasteiger partial charge in [-0.25, -0.2) is 9.78 Å². The maximum absolute atomic E-state index is 5.81. The number of benzene rings is 1. The zero-order valence-corrected chi connectivity index (χ0v) is 16.4. The lowest BCUT2D eigenvalue weighted by Crippen LogP contribution is -2.36. The van der Waals surface area contributed by atoms with Crippen LogP contribution in [0.4, 0.5) is 0 Å². The summed E-state index contributed by atoms with van der Waals surface area (Å²) in [4.78, 5) is 22.0. The molecule has 0 amide bonds. The van der Waals surface area contributed by atoms with Gasteiger partial charge in [0, 0.05) is 12.8 Å². The van der Waals surface area contributed by atoms with Crippen molar-refractivity contribution in [3.05, 3.63) is 35.9 Å². The van der Waals surface area contributed by atoms with Gasteiger partial charge in [0.15, 0.2) is 0 Å². The topological polar surface area (TPSA) is 36.9 Å². The van der Waals surface area contributed by atoms with Crippen molar-refractivity contribution in [2.75, 3.05) is 13.7 Å². The van der Waals surface area contributed by atoms with Crippen LogP contribution in [-0.2, 0) is 26.0 Å². The van der Waals surface area contributed by atoms with Gasteiger partial charge in [-0.1, -0.05) is 75.3 Å². The smallest absolute Gasteiger partial charge is 0.233 e. The summed E-state index contributed by atoms with van der Waals surface area (Å²) in [5.41, 5.74) is 1.32. The number of rotatable bonds is 8. The van der Waals surface area contributed by atoms with Crippen LogP contribution in [0.2, 0.25) is 0 Å². The second-order valence-corrected chi connectivity index (χ2v) is 7.34. The van der Waals surface area contributed by atoms with Gasteiger partial charge in [-0.15, -0.1) is 0 Å². The molecular weight excluding hydrogens is 328 g/mol. The predicted molar refractivity (Wildman–Crippen MR) is 103 cm³/mol. The number of hydrogen-bond acceptors (Lipinski definition) is 4. The van der Waals surface area contributed by atoms with E-state index in [0.717, 1.165) is 38.5 Å². The van der Waals surface area contributed by atoms with E-state index in [1.807, 2.05) is 6.07 Å². The van der Waals surface area contributed by atoms with Crippen molar-refractivity contribution < 1.29 is 19.6 Å². The third-order valence-corrected chi connectivity index (χ3v) is 5.10. The molecule has 1 aromatic carbocycles. The summed E-state index contributed by atoms with van der Waals surface area (Å²) in [5.74, 6) is -0.763. The third-order valence-electron chi connectivity index (χ3n) is 5.10. The molecule has 4 nitrogen and oxygen atoms in total. The van der Waals surface area contributed by atoms with Crippen molar-refractivity contribution >= 4 is 0 Å². The van der Waals surface area contributed by atoms with Gasteiger partial charge in [-0.2, -0.15) is 9.78 Å². The summed E-state index contributed by atoms with van der Waals surface area (Å²) in [6, 6.07) is 10.5. The Morgan fingerprint density at radius 1 is 0.769 bits per heavy atom. The molecule has 26 heavy (non-hydrogen) atoms. The minimum Gasteiger partial charge on any atom is -0.237 e. The summed E-state index contributed by atoms with van der Waals surface area (Å²) < 4.78 is 0. The largest absolute Gasteiger partial charge is 0.237 e. The second-order valence-electron chi connectivity index (χ2n) is 7.34. The van der Waals surface area contributed by atoms with Crippen molar-refractivity contribution in [3.8, 4) is 0 Å². The highest BCUT2D eigenvalue weighted by Gasteiger charge is 2.34. The Kier molecular flexibility index (Phi) is 10.9. The predicted octanol–water partition coefficient (Wildman–Crippen LogP) is 6.15. The number of hydrogen-bond donors (Lipinski definition) is 0. The first kappa shape index (κ1) is 21.4. The Labute approximate surface area is 159 Å². The molecule has 148 valence electrons. The van der Waals surface area contributed by atoms with Crippen molar-refractivity contribution in [3.63, 3.8) is 0 Å².